The van der Waals surface area contributed by atoms with E-state index in [1.165, 1.54) is 18.2 Å². The van der Waals surface area contributed by atoms with Gasteiger partial charge in [0.15, 0.2) is 0 Å². The van der Waals surface area contributed by atoms with Crippen molar-refractivity contribution in [1.29, 1.82) is 5.26 Å². The van der Waals surface area contributed by atoms with E-state index in [1.54, 1.807) is 31.4 Å². The predicted molar refractivity (Wildman–Crippen MR) is 76.8 cm³/mol. The van der Waals surface area contributed by atoms with Gasteiger partial charge in [-0.15, -0.1) is 0 Å². The Morgan fingerprint density at radius 1 is 1.24 bits per heavy atom. The predicted octanol–water partition coefficient (Wildman–Crippen LogP) is 3.52. The molecular formula is C16H15FN2O2. The number of nitriles is 1. The van der Waals surface area contributed by atoms with Crippen LogP contribution in [-0.2, 0) is 0 Å². The fourth-order valence-corrected chi connectivity index (χ4v) is 2.02. The van der Waals surface area contributed by atoms with Crippen LogP contribution >= 0.6 is 0 Å². The molecule has 0 amide bonds. The van der Waals surface area contributed by atoms with E-state index in [0.717, 1.165) is 0 Å². The Balaban J connectivity index is 2.40. The summed E-state index contributed by atoms with van der Waals surface area (Å²) in [6.45, 7) is 1.81. The van der Waals surface area contributed by atoms with Crippen molar-refractivity contribution in [3.8, 4) is 23.3 Å². The summed E-state index contributed by atoms with van der Waals surface area (Å²) >= 11 is 0. The van der Waals surface area contributed by atoms with Gasteiger partial charge in [0.25, 0.3) is 0 Å². The number of nitrogens with two attached hydrogens (primary N) is 1. The summed E-state index contributed by atoms with van der Waals surface area (Å²) in [7, 11) is 1.55. The molecule has 5 heteroatoms. The van der Waals surface area contributed by atoms with E-state index in [0.29, 0.717) is 22.8 Å². The number of halogens is 1. The van der Waals surface area contributed by atoms with Gasteiger partial charge in [-0.2, -0.15) is 5.26 Å². The Labute approximate surface area is 122 Å². The zero-order valence-corrected chi connectivity index (χ0v) is 11.8. The van der Waals surface area contributed by atoms with Crippen LogP contribution in [0.2, 0.25) is 0 Å². The SMILES string of the molecule is COc1cccc(Oc2ccc(C#N)c(F)c2)c1[C@@H](C)N. The topological polar surface area (TPSA) is 68.3 Å². The first-order chi connectivity index (χ1) is 10.1. The minimum atomic E-state index is -0.625. The van der Waals surface area contributed by atoms with E-state index in [1.807, 2.05) is 6.92 Å². The van der Waals surface area contributed by atoms with Gasteiger partial charge >= 0.3 is 0 Å². The fraction of sp³-hybridized carbons (Fsp3) is 0.188. The molecule has 0 spiro atoms. The van der Waals surface area contributed by atoms with Gasteiger partial charge in [0, 0.05) is 12.1 Å². The molecule has 21 heavy (non-hydrogen) atoms. The Kier molecular flexibility index (Phi) is 4.41. The molecule has 0 aromatic heterocycles. The van der Waals surface area contributed by atoms with E-state index < -0.39 is 5.82 Å². The summed E-state index contributed by atoms with van der Waals surface area (Å²) in [5.41, 5.74) is 6.61. The molecule has 2 aromatic rings. The number of hydrogen-bond donors (Lipinski definition) is 1. The molecule has 0 unspecified atom stereocenters. The average molecular weight is 286 g/mol. The number of methoxy groups -OCH3 is 1. The third-order valence-electron chi connectivity index (χ3n) is 2.99. The van der Waals surface area contributed by atoms with E-state index >= 15 is 0 Å². The molecule has 0 aliphatic heterocycles. The molecule has 0 aliphatic rings. The highest BCUT2D eigenvalue weighted by Gasteiger charge is 2.15. The second-order valence-electron chi connectivity index (χ2n) is 4.52. The lowest BCUT2D eigenvalue weighted by Crippen LogP contribution is -2.08. The van der Waals surface area contributed by atoms with Crippen molar-refractivity contribution in [1.82, 2.24) is 0 Å². The molecule has 0 aliphatic carbocycles. The lowest BCUT2D eigenvalue weighted by Gasteiger charge is -2.17. The Morgan fingerprint density at radius 3 is 2.52 bits per heavy atom. The maximum Gasteiger partial charge on any atom is 0.144 e. The van der Waals surface area contributed by atoms with Crippen molar-refractivity contribution < 1.29 is 13.9 Å². The van der Waals surface area contributed by atoms with Crippen LogP contribution in [0.5, 0.6) is 17.2 Å². The standard InChI is InChI=1S/C16H15FN2O2/c1-10(19)16-14(20-2)4-3-5-15(16)21-12-7-6-11(9-18)13(17)8-12/h3-8,10H,19H2,1-2H3/t10-/m1/s1. The monoisotopic (exact) mass is 286 g/mol. The van der Waals surface area contributed by atoms with Gasteiger partial charge in [0.2, 0.25) is 0 Å². The molecule has 0 heterocycles. The van der Waals surface area contributed by atoms with Crippen LogP contribution in [0.15, 0.2) is 36.4 Å². The van der Waals surface area contributed by atoms with Gasteiger partial charge < -0.3 is 15.2 Å². The normalized spacial score (nSPS) is 11.6. The van der Waals surface area contributed by atoms with Crippen LogP contribution in [0.25, 0.3) is 0 Å². The summed E-state index contributed by atoms with van der Waals surface area (Å²) in [6.07, 6.45) is 0. The number of rotatable bonds is 4. The van der Waals surface area contributed by atoms with Gasteiger partial charge in [-0.05, 0) is 31.2 Å². The minimum Gasteiger partial charge on any atom is -0.496 e. The molecule has 0 bridgehead atoms. The van der Waals surface area contributed by atoms with Crippen molar-refractivity contribution in [2.75, 3.05) is 7.11 Å². The fourth-order valence-electron chi connectivity index (χ4n) is 2.02. The van der Waals surface area contributed by atoms with Crippen molar-refractivity contribution in [2.45, 2.75) is 13.0 Å². The molecule has 2 rings (SSSR count). The van der Waals surface area contributed by atoms with Crippen molar-refractivity contribution in [3.05, 3.63) is 53.3 Å². The van der Waals surface area contributed by atoms with Crippen LogP contribution in [-0.4, -0.2) is 7.11 Å². The molecule has 1 atom stereocenters. The molecular weight excluding hydrogens is 271 g/mol. The quantitative estimate of drug-likeness (QED) is 0.933. The lowest BCUT2D eigenvalue weighted by molar-refractivity contribution is 0.397. The summed E-state index contributed by atoms with van der Waals surface area (Å²) in [4.78, 5) is 0. The number of nitrogens with zero attached hydrogens (tertiary/aromatic N) is 1. The molecule has 0 radical (unpaired) electrons. The number of benzene rings is 2. The first-order valence-electron chi connectivity index (χ1n) is 6.36. The molecule has 2 N–H and O–H groups in total. The molecule has 4 nitrogen and oxygen atoms in total. The van der Waals surface area contributed by atoms with Crippen LogP contribution in [0.3, 0.4) is 0 Å². The zero-order valence-electron chi connectivity index (χ0n) is 11.8. The maximum atomic E-state index is 13.6. The summed E-state index contributed by atoms with van der Waals surface area (Å²) in [6, 6.07) is 10.8. The minimum absolute atomic E-state index is 0.0274. The van der Waals surface area contributed by atoms with Gasteiger partial charge in [0.1, 0.15) is 29.1 Å². The molecule has 2 aromatic carbocycles. The molecule has 0 saturated carbocycles. The van der Waals surface area contributed by atoms with Crippen LogP contribution < -0.4 is 15.2 Å². The lowest BCUT2D eigenvalue weighted by atomic mass is 10.1. The van der Waals surface area contributed by atoms with Crippen LogP contribution in [0.1, 0.15) is 24.1 Å². The van der Waals surface area contributed by atoms with E-state index in [-0.39, 0.29) is 11.6 Å². The maximum absolute atomic E-state index is 13.6. The zero-order chi connectivity index (χ0) is 15.4. The second kappa shape index (κ2) is 6.25. The number of ether oxygens (including phenoxy) is 2. The molecule has 0 fully saturated rings. The highest BCUT2D eigenvalue weighted by atomic mass is 19.1. The van der Waals surface area contributed by atoms with E-state index in [2.05, 4.69) is 0 Å². The van der Waals surface area contributed by atoms with Crippen LogP contribution in [0.4, 0.5) is 4.39 Å². The highest BCUT2D eigenvalue weighted by Crippen LogP contribution is 2.35. The van der Waals surface area contributed by atoms with Crippen molar-refractivity contribution in [3.63, 3.8) is 0 Å². The van der Waals surface area contributed by atoms with Gasteiger partial charge in [-0.1, -0.05) is 6.07 Å². The van der Waals surface area contributed by atoms with Crippen LogP contribution in [0, 0.1) is 17.1 Å². The van der Waals surface area contributed by atoms with Gasteiger partial charge in [-0.3, -0.25) is 0 Å². The second-order valence-corrected chi connectivity index (χ2v) is 4.52. The molecule has 0 saturated heterocycles. The summed E-state index contributed by atoms with van der Waals surface area (Å²) < 4.78 is 24.6. The van der Waals surface area contributed by atoms with Gasteiger partial charge in [-0.25, -0.2) is 4.39 Å². The largest absolute Gasteiger partial charge is 0.496 e. The Hall–Kier alpha value is -2.58. The van der Waals surface area contributed by atoms with Crippen molar-refractivity contribution >= 4 is 0 Å². The van der Waals surface area contributed by atoms with E-state index in [4.69, 9.17) is 20.5 Å². The van der Waals surface area contributed by atoms with Crippen molar-refractivity contribution in [2.24, 2.45) is 5.73 Å². The average Bonchev–Trinajstić information content (AvgIpc) is 2.46. The number of hydrogen-bond acceptors (Lipinski definition) is 4. The third-order valence-corrected chi connectivity index (χ3v) is 2.99. The Bertz CT molecular complexity index is 693. The third kappa shape index (κ3) is 3.12. The van der Waals surface area contributed by atoms with E-state index in [9.17, 15) is 4.39 Å². The Morgan fingerprint density at radius 2 is 1.95 bits per heavy atom. The molecule has 108 valence electrons. The summed E-state index contributed by atoms with van der Waals surface area (Å²) in [5, 5.41) is 8.72. The first-order valence-corrected chi connectivity index (χ1v) is 6.36. The van der Waals surface area contributed by atoms with Gasteiger partial charge in [0.05, 0.1) is 18.2 Å². The first kappa shape index (κ1) is 14.8. The smallest absolute Gasteiger partial charge is 0.144 e. The highest BCUT2D eigenvalue weighted by molar-refractivity contribution is 5.49. The summed E-state index contributed by atoms with van der Waals surface area (Å²) in [5.74, 6) is 0.770.